The quantitative estimate of drug-likeness (QED) is 0.393. The average Bonchev–Trinajstić information content (AvgIpc) is 3.44. The third-order valence-electron chi connectivity index (χ3n) is 5.90. The van der Waals surface area contributed by atoms with Crippen molar-refractivity contribution in [2.75, 3.05) is 13.9 Å². The van der Waals surface area contributed by atoms with Crippen LogP contribution >= 0.6 is 0 Å². The van der Waals surface area contributed by atoms with Gasteiger partial charge in [-0.15, -0.1) is 10.2 Å². The molecule has 0 unspecified atom stereocenters. The van der Waals surface area contributed by atoms with Crippen molar-refractivity contribution >= 4 is 10.9 Å². The molecule has 0 bridgehead atoms. The molecule has 0 atom stereocenters. The lowest BCUT2D eigenvalue weighted by Gasteiger charge is -2.16. The smallest absolute Gasteiger partial charge is 0.231 e. The van der Waals surface area contributed by atoms with Crippen molar-refractivity contribution in [2.24, 2.45) is 0 Å². The second kappa shape index (κ2) is 7.27. The molecule has 158 valence electrons. The van der Waals surface area contributed by atoms with Crippen LogP contribution < -0.4 is 14.2 Å². The average molecular weight is 423 g/mol. The van der Waals surface area contributed by atoms with E-state index in [0.29, 0.717) is 0 Å². The Balaban J connectivity index is 1.57. The molecule has 0 aromatic heterocycles. The van der Waals surface area contributed by atoms with E-state index < -0.39 is 0 Å². The Bertz CT molecular complexity index is 1420. The summed E-state index contributed by atoms with van der Waals surface area (Å²) in [6.45, 7) is 3.07. The van der Waals surface area contributed by atoms with Crippen molar-refractivity contribution in [3.63, 3.8) is 0 Å². The van der Waals surface area contributed by atoms with Gasteiger partial charge < -0.3 is 18.8 Å². The van der Waals surface area contributed by atoms with Crippen LogP contribution in [0, 0.1) is 6.92 Å². The van der Waals surface area contributed by atoms with E-state index in [1.807, 2.05) is 36.4 Å². The third kappa shape index (κ3) is 3.03. The number of aryl methyl sites for hydroxylation is 1. The van der Waals surface area contributed by atoms with Crippen LogP contribution in [-0.2, 0) is 6.54 Å². The first kappa shape index (κ1) is 18.7. The highest BCUT2D eigenvalue weighted by atomic mass is 16.7. The molecule has 0 saturated heterocycles. The molecule has 6 heteroatoms. The molecule has 3 heterocycles. The van der Waals surface area contributed by atoms with Crippen LogP contribution in [0.4, 0.5) is 0 Å². The number of methoxy groups -OCH3 is 1. The van der Waals surface area contributed by atoms with E-state index >= 15 is 0 Å². The number of aromatic nitrogens is 3. The Labute approximate surface area is 185 Å². The Morgan fingerprint density at radius 3 is 2.50 bits per heavy atom. The zero-order valence-electron chi connectivity index (χ0n) is 17.8. The normalized spacial score (nSPS) is 12.6. The summed E-state index contributed by atoms with van der Waals surface area (Å²) in [5, 5.41) is 10.1. The molecule has 0 spiro atoms. The maximum absolute atomic E-state index is 5.66. The number of benzene rings is 3. The molecule has 0 saturated carbocycles. The molecule has 0 fully saturated rings. The molecule has 0 N–H and O–H groups in total. The van der Waals surface area contributed by atoms with Gasteiger partial charge in [0.2, 0.25) is 6.79 Å². The van der Waals surface area contributed by atoms with E-state index in [9.17, 15) is 0 Å². The molecule has 0 aliphatic carbocycles. The molecule has 6 rings (SSSR count). The number of rotatable bonds is 4. The Hall–Kier alpha value is -4.06. The molecule has 3 aromatic carbocycles. The summed E-state index contributed by atoms with van der Waals surface area (Å²) in [4.78, 5) is 0. The number of pyridine rings is 1. The number of nitrogens with zero attached hydrogens (tertiary/aromatic N) is 3. The van der Waals surface area contributed by atoms with E-state index in [0.717, 1.165) is 57.2 Å². The van der Waals surface area contributed by atoms with Crippen molar-refractivity contribution in [2.45, 2.75) is 13.5 Å². The van der Waals surface area contributed by atoms with Gasteiger partial charge >= 0.3 is 0 Å². The maximum Gasteiger partial charge on any atom is 0.231 e. The highest BCUT2D eigenvalue weighted by Crippen LogP contribution is 2.42. The van der Waals surface area contributed by atoms with Crippen molar-refractivity contribution < 1.29 is 14.2 Å². The van der Waals surface area contributed by atoms with E-state index in [-0.39, 0.29) is 6.79 Å². The fraction of sp³-hybridized carbons (Fsp3) is 0.154. The van der Waals surface area contributed by atoms with Crippen LogP contribution in [-0.4, -0.2) is 28.7 Å². The van der Waals surface area contributed by atoms with Gasteiger partial charge in [-0.25, -0.2) is 0 Å². The van der Waals surface area contributed by atoms with Crippen molar-refractivity contribution in [1.29, 1.82) is 0 Å². The topological polar surface area (TPSA) is 58.4 Å². The molecule has 3 aliphatic heterocycles. The predicted molar refractivity (Wildman–Crippen MR) is 123 cm³/mol. The Morgan fingerprint density at radius 2 is 1.72 bits per heavy atom. The summed E-state index contributed by atoms with van der Waals surface area (Å²) in [6.07, 6.45) is 2.14. The van der Waals surface area contributed by atoms with E-state index in [2.05, 4.69) is 52.2 Å². The lowest BCUT2D eigenvalue weighted by atomic mass is 10.0. The Kier molecular flexibility index (Phi) is 4.24. The van der Waals surface area contributed by atoms with Crippen LogP contribution in [0.1, 0.15) is 11.1 Å². The van der Waals surface area contributed by atoms with Crippen LogP contribution in [0.15, 0.2) is 66.9 Å². The Morgan fingerprint density at radius 1 is 0.938 bits per heavy atom. The molecule has 3 aliphatic rings. The van der Waals surface area contributed by atoms with E-state index in [1.165, 1.54) is 11.1 Å². The minimum Gasteiger partial charge on any atom is -0.497 e. The van der Waals surface area contributed by atoms with Crippen molar-refractivity contribution in [3.05, 3.63) is 78.0 Å². The van der Waals surface area contributed by atoms with Gasteiger partial charge in [0.25, 0.3) is 0 Å². The molecule has 0 amide bonds. The molecule has 3 aromatic rings. The van der Waals surface area contributed by atoms with E-state index in [4.69, 9.17) is 14.2 Å². The standard InChI is InChI=1S/C26H21N3O3/c1-16-4-3-5-17(10-16)13-29-14-21-25(18-6-8-19(30-2)9-7-18)27-28-26(21)20-11-23-24(12-22(20)29)32-15-31-23/h3-12,14H,13,15H2,1-2H3. The number of ether oxygens (including phenoxy) is 3. The first-order chi connectivity index (χ1) is 15.7. The summed E-state index contributed by atoms with van der Waals surface area (Å²) in [7, 11) is 1.66. The fourth-order valence-electron chi connectivity index (χ4n) is 4.33. The summed E-state index contributed by atoms with van der Waals surface area (Å²) < 4.78 is 18.9. The van der Waals surface area contributed by atoms with Gasteiger partial charge in [0, 0.05) is 35.3 Å². The van der Waals surface area contributed by atoms with Gasteiger partial charge in [-0.05, 0) is 42.8 Å². The van der Waals surface area contributed by atoms with Gasteiger partial charge in [0.05, 0.1) is 12.6 Å². The summed E-state index contributed by atoms with van der Waals surface area (Å²) in [5.74, 6) is 2.30. The molecular formula is C26H21N3O3. The first-order valence-electron chi connectivity index (χ1n) is 10.5. The van der Waals surface area contributed by atoms with Gasteiger partial charge in [0.15, 0.2) is 11.5 Å². The van der Waals surface area contributed by atoms with Crippen LogP contribution in [0.5, 0.6) is 17.2 Å². The summed E-state index contributed by atoms with van der Waals surface area (Å²) >= 11 is 0. The minimum atomic E-state index is 0.233. The van der Waals surface area contributed by atoms with Crippen molar-refractivity contribution in [3.8, 4) is 39.8 Å². The van der Waals surface area contributed by atoms with Crippen LogP contribution in [0.3, 0.4) is 0 Å². The lowest BCUT2D eigenvalue weighted by Crippen LogP contribution is -2.04. The SMILES string of the molecule is COc1ccc(-c2nnc3c4cc5c(cc4n(Cc4cccc(C)c4)cc2-3)OCO5)cc1. The number of fused-ring (bicyclic) bond motifs is 4. The van der Waals surface area contributed by atoms with Crippen molar-refractivity contribution in [1.82, 2.24) is 14.8 Å². The largest absolute Gasteiger partial charge is 0.497 e. The molecule has 0 radical (unpaired) electrons. The highest BCUT2D eigenvalue weighted by Gasteiger charge is 2.24. The van der Waals surface area contributed by atoms with Gasteiger partial charge in [-0.1, -0.05) is 29.8 Å². The number of hydrogen-bond acceptors (Lipinski definition) is 5. The van der Waals surface area contributed by atoms with E-state index in [1.54, 1.807) is 7.11 Å². The van der Waals surface area contributed by atoms with Crippen LogP contribution in [0.2, 0.25) is 0 Å². The van der Waals surface area contributed by atoms with Crippen LogP contribution in [0.25, 0.3) is 33.4 Å². The highest BCUT2D eigenvalue weighted by molar-refractivity contribution is 5.99. The second-order valence-corrected chi connectivity index (χ2v) is 8.01. The van der Waals surface area contributed by atoms with Gasteiger partial charge in [-0.2, -0.15) is 0 Å². The third-order valence-corrected chi connectivity index (χ3v) is 5.90. The summed E-state index contributed by atoms with van der Waals surface area (Å²) in [5.41, 5.74) is 7.19. The zero-order chi connectivity index (χ0) is 21.7. The molecular weight excluding hydrogens is 402 g/mol. The maximum atomic E-state index is 5.66. The fourth-order valence-corrected chi connectivity index (χ4v) is 4.33. The molecule has 6 nitrogen and oxygen atoms in total. The minimum absolute atomic E-state index is 0.233. The van der Waals surface area contributed by atoms with Gasteiger partial charge in [-0.3, -0.25) is 0 Å². The zero-order valence-corrected chi connectivity index (χ0v) is 17.8. The monoisotopic (exact) mass is 423 g/mol. The summed E-state index contributed by atoms with van der Waals surface area (Å²) in [6, 6.07) is 20.5. The lowest BCUT2D eigenvalue weighted by molar-refractivity contribution is 0.174. The predicted octanol–water partition coefficient (Wildman–Crippen LogP) is 5.30. The first-order valence-corrected chi connectivity index (χ1v) is 10.5. The molecule has 32 heavy (non-hydrogen) atoms. The number of hydrogen-bond donors (Lipinski definition) is 0. The second-order valence-electron chi connectivity index (χ2n) is 8.01. The van der Waals surface area contributed by atoms with Gasteiger partial charge in [0.1, 0.15) is 17.1 Å².